The zero-order valence-corrected chi connectivity index (χ0v) is 10.6. The molecule has 0 aromatic heterocycles. The molecule has 1 aromatic rings. The van der Waals surface area contributed by atoms with Crippen LogP contribution in [0.15, 0.2) is 24.3 Å². The molecule has 0 aliphatic rings. The van der Waals surface area contributed by atoms with Crippen molar-refractivity contribution in [1.82, 2.24) is 4.72 Å². The van der Waals surface area contributed by atoms with E-state index in [9.17, 15) is 13.2 Å². The maximum atomic E-state index is 11.6. The normalized spacial score (nSPS) is 12.6. The number of rotatable bonds is 6. The predicted molar refractivity (Wildman–Crippen MR) is 65.4 cm³/mol. The van der Waals surface area contributed by atoms with Crippen LogP contribution in [-0.4, -0.2) is 37.2 Å². The van der Waals surface area contributed by atoms with Crippen LogP contribution in [0.1, 0.15) is 11.1 Å². The van der Waals surface area contributed by atoms with Crippen molar-refractivity contribution in [2.24, 2.45) is 0 Å². The zero-order valence-electron chi connectivity index (χ0n) is 9.78. The maximum Gasteiger partial charge on any atom is 0.333 e. The number of hydrogen-bond acceptors (Lipinski definition) is 5. The Labute approximate surface area is 110 Å². The first kappa shape index (κ1) is 15.1. The third-order valence-corrected chi connectivity index (χ3v) is 3.54. The minimum absolute atomic E-state index is 0.356. The molecule has 1 aromatic carbocycles. The van der Waals surface area contributed by atoms with Crippen molar-refractivity contribution in [2.45, 2.75) is 11.9 Å². The van der Waals surface area contributed by atoms with Crippen molar-refractivity contribution in [1.29, 1.82) is 5.26 Å². The Morgan fingerprint density at radius 1 is 1.37 bits per heavy atom. The minimum atomic E-state index is -3.74. The second kappa shape index (κ2) is 6.29. The lowest BCUT2D eigenvalue weighted by molar-refractivity contribution is -0.146. The number of nitrogens with zero attached hydrogens (tertiary/aromatic N) is 1. The second-order valence-electron chi connectivity index (χ2n) is 3.77. The summed E-state index contributed by atoms with van der Waals surface area (Å²) in [5.74, 6) is -1.86. The largest absolute Gasteiger partial charge is 0.479 e. The molecule has 0 spiro atoms. The van der Waals surface area contributed by atoms with Gasteiger partial charge in [0.05, 0.1) is 17.4 Å². The number of nitrogens with one attached hydrogen (secondary N) is 1. The van der Waals surface area contributed by atoms with E-state index in [0.717, 1.165) is 0 Å². The molecule has 7 nitrogen and oxygen atoms in total. The van der Waals surface area contributed by atoms with Gasteiger partial charge in [0.15, 0.2) is 6.10 Å². The summed E-state index contributed by atoms with van der Waals surface area (Å²) >= 11 is 0. The number of aliphatic hydroxyl groups is 1. The molecular formula is C11H12N2O5S. The zero-order chi connectivity index (χ0) is 14.5. The third kappa shape index (κ3) is 5.05. The van der Waals surface area contributed by atoms with Gasteiger partial charge in [-0.15, -0.1) is 0 Å². The molecule has 0 fully saturated rings. The van der Waals surface area contributed by atoms with Gasteiger partial charge in [-0.3, -0.25) is 0 Å². The molecule has 0 saturated heterocycles. The SMILES string of the molecule is N#Cc1ccc(CS(=O)(=O)NCC(O)C(=O)O)cc1. The molecule has 1 unspecified atom stereocenters. The van der Waals surface area contributed by atoms with Crippen LogP contribution in [0.4, 0.5) is 0 Å². The first-order valence-electron chi connectivity index (χ1n) is 5.21. The van der Waals surface area contributed by atoms with Crippen molar-refractivity contribution in [2.75, 3.05) is 6.54 Å². The van der Waals surface area contributed by atoms with Crippen LogP contribution in [0.25, 0.3) is 0 Å². The van der Waals surface area contributed by atoms with Crippen molar-refractivity contribution < 1.29 is 23.4 Å². The van der Waals surface area contributed by atoms with E-state index < -0.39 is 28.6 Å². The Morgan fingerprint density at radius 3 is 2.42 bits per heavy atom. The predicted octanol–water partition coefficient (Wildman–Crippen LogP) is -0.577. The van der Waals surface area contributed by atoms with Gasteiger partial charge >= 0.3 is 5.97 Å². The molecule has 0 heterocycles. The Morgan fingerprint density at radius 2 is 1.95 bits per heavy atom. The number of carboxylic acids is 1. The molecule has 0 bridgehead atoms. The van der Waals surface area contributed by atoms with Crippen molar-refractivity contribution in [3.63, 3.8) is 0 Å². The van der Waals surface area contributed by atoms with E-state index in [0.29, 0.717) is 11.1 Å². The highest BCUT2D eigenvalue weighted by Gasteiger charge is 2.18. The molecule has 0 radical (unpaired) electrons. The van der Waals surface area contributed by atoms with Crippen LogP contribution in [0.3, 0.4) is 0 Å². The summed E-state index contributed by atoms with van der Waals surface area (Å²) in [6, 6.07) is 7.86. The molecule has 102 valence electrons. The van der Waals surface area contributed by atoms with Crippen LogP contribution in [0.5, 0.6) is 0 Å². The number of carbonyl (C=O) groups is 1. The van der Waals surface area contributed by atoms with E-state index in [1.807, 2.05) is 10.8 Å². The minimum Gasteiger partial charge on any atom is -0.479 e. The molecule has 19 heavy (non-hydrogen) atoms. The highest BCUT2D eigenvalue weighted by atomic mass is 32.2. The first-order valence-corrected chi connectivity index (χ1v) is 6.86. The van der Waals surface area contributed by atoms with Gasteiger partial charge in [-0.05, 0) is 17.7 Å². The Bertz CT molecular complexity index is 589. The fourth-order valence-electron chi connectivity index (χ4n) is 1.24. The van der Waals surface area contributed by atoms with E-state index in [1.54, 1.807) is 0 Å². The van der Waals surface area contributed by atoms with E-state index in [-0.39, 0.29) is 5.75 Å². The Kier molecular flexibility index (Phi) is 5.00. The van der Waals surface area contributed by atoms with Crippen LogP contribution in [0, 0.1) is 11.3 Å². The number of benzene rings is 1. The summed E-state index contributed by atoms with van der Waals surface area (Å²) in [6.45, 7) is -0.589. The smallest absolute Gasteiger partial charge is 0.333 e. The third-order valence-electron chi connectivity index (χ3n) is 2.22. The molecule has 1 atom stereocenters. The number of sulfonamides is 1. The van der Waals surface area contributed by atoms with Gasteiger partial charge in [0.2, 0.25) is 10.0 Å². The number of aliphatic hydroxyl groups excluding tert-OH is 1. The van der Waals surface area contributed by atoms with Crippen LogP contribution in [0.2, 0.25) is 0 Å². The highest BCUT2D eigenvalue weighted by molar-refractivity contribution is 7.88. The standard InChI is InChI=1S/C11H12N2O5S/c12-5-8-1-3-9(4-2-8)7-19(17,18)13-6-10(14)11(15)16/h1-4,10,13-14H,6-7H2,(H,15,16). The van der Waals surface area contributed by atoms with Gasteiger partial charge in [-0.2, -0.15) is 5.26 Å². The number of hydrogen-bond donors (Lipinski definition) is 3. The van der Waals surface area contributed by atoms with Gasteiger partial charge < -0.3 is 10.2 Å². The van der Waals surface area contributed by atoms with Gasteiger partial charge in [-0.1, -0.05) is 12.1 Å². The lowest BCUT2D eigenvalue weighted by Gasteiger charge is -2.08. The van der Waals surface area contributed by atoms with E-state index in [4.69, 9.17) is 15.5 Å². The van der Waals surface area contributed by atoms with Crippen LogP contribution < -0.4 is 4.72 Å². The second-order valence-corrected chi connectivity index (χ2v) is 5.58. The average Bonchev–Trinajstić information content (AvgIpc) is 2.36. The monoisotopic (exact) mass is 284 g/mol. The van der Waals surface area contributed by atoms with Crippen molar-refractivity contribution in [3.8, 4) is 6.07 Å². The fourth-order valence-corrected chi connectivity index (χ4v) is 2.38. The molecule has 0 saturated carbocycles. The van der Waals surface area contributed by atoms with Gasteiger partial charge in [0, 0.05) is 6.54 Å². The highest BCUT2D eigenvalue weighted by Crippen LogP contribution is 2.07. The summed E-state index contributed by atoms with van der Waals surface area (Å²) in [5.41, 5.74) is 0.867. The molecule has 0 aliphatic carbocycles. The van der Waals surface area contributed by atoms with Crippen molar-refractivity contribution in [3.05, 3.63) is 35.4 Å². The van der Waals surface area contributed by atoms with Crippen LogP contribution in [-0.2, 0) is 20.6 Å². The van der Waals surface area contributed by atoms with Gasteiger partial charge in [-0.25, -0.2) is 17.9 Å². The summed E-state index contributed by atoms with van der Waals surface area (Å²) in [6.07, 6.45) is -1.78. The van der Waals surface area contributed by atoms with E-state index >= 15 is 0 Å². The van der Waals surface area contributed by atoms with Crippen LogP contribution >= 0.6 is 0 Å². The summed E-state index contributed by atoms with van der Waals surface area (Å²) in [7, 11) is -3.74. The number of nitriles is 1. The van der Waals surface area contributed by atoms with Crippen molar-refractivity contribution >= 4 is 16.0 Å². The quantitative estimate of drug-likeness (QED) is 0.641. The van der Waals surface area contributed by atoms with Gasteiger partial charge in [0.25, 0.3) is 0 Å². The summed E-state index contributed by atoms with van der Waals surface area (Å²) in [5, 5.41) is 26.0. The Balaban J connectivity index is 2.64. The molecule has 0 aliphatic heterocycles. The number of carboxylic acid groups (broad SMARTS) is 1. The molecule has 3 N–H and O–H groups in total. The molecule has 8 heteroatoms. The fraction of sp³-hybridized carbons (Fsp3) is 0.273. The summed E-state index contributed by atoms with van der Waals surface area (Å²) < 4.78 is 25.2. The topological polar surface area (TPSA) is 127 Å². The molecular weight excluding hydrogens is 272 g/mol. The Hall–Kier alpha value is -1.95. The lowest BCUT2D eigenvalue weighted by Crippen LogP contribution is -2.37. The maximum absolute atomic E-state index is 11.6. The average molecular weight is 284 g/mol. The van der Waals surface area contributed by atoms with E-state index in [1.165, 1.54) is 24.3 Å². The first-order chi connectivity index (χ1) is 8.84. The van der Waals surface area contributed by atoms with Gasteiger partial charge in [0.1, 0.15) is 0 Å². The summed E-state index contributed by atoms with van der Waals surface area (Å²) in [4.78, 5) is 10.3. The lowest BCUT2D eigenvalue weighted by atomic mass is 10.2. The molecule has 1 rings (SSSR count). The number of aliphatic carboxylic acids is 1. The van der Waals surface area contributed by atoms with E-state index in [2.05, 4.69) is 0 Å². The molecule has 0 amide bonds.